The summed E-state index contributed by atoms with van der Waals surface area (Å²) >= 11 is 3.60. The standard InChI is InChI=1S/C27H27BrN4O/c1-19-11-13-22(14-12-19)29-27(33)20-6-5-15-31(17-20)18-26-30-24-9-2-3-10-25(24)32(26)23-8-4-7-21(28)16-23/h2-4,7-14,16,20H,5-6,15,17-18H2,1H3,(H,29,33)/t20-/m0/s1. The van der Waals surface area contributed by atoms with Crippen LogP contribution in [-0.4, -0.2) is 33.4 Å². The molecule has 5 nitrogen and oxygen atoms in total. The zero-order valence-corrected chi connectivity index (χ0v) is 20.3. The molecule has 168 valence electrons. The Hall–Kier alpha value is -2.96. The number of hydrogen-bond donors (Lipinski definition) is 1. The molecule has 0 bridgehead atoms. The third-order valence-electron chi connectivity index (χ3n) is 6.26. The van der Waals surface area contributed by atoms with Crippen molar-refractivity contribution in [3.05, 3.63) is 88.7 Å². The Balaban J connectivity index is 1.37. The minimum Gasteiger partial charge on any atom is -0.326 e. The number of amides is 1. The molecule has 1 aromatic heterocycles. The average molecular weight is 503 g/mol. The number of para-hydroxylation sites is 2. The molecule has 3 aromatic carbocycles. The Labute approximate surface area is 202 Å². The molecule has 0 radical (unpaired) electrons. The van der Waals surface area contributed by atoms with Crippen LogP contribution in [0.3, 0.4) is 0 Å². The fourth-order valence-corrected chi connectivity index (χ4v) is 4.97. The van der Waals surface area contributed by atoms with Gasteiger partial charge in [-0.25, -0.2) is 4.98 Å². The Kier molecular flexibility index (Phi) is 6.29. The van der Waals surface area contributed by atoms with E-state index in [4.69, 9.17) is 4.98 Å². The summed E-state index contributed by atoms with van der Waals surface area (Å²) in [4.78, 5) is 20.3. The lowest BCUT2D eigenvalue weighted by Gasteiger charge is -2.31. The number of carbonyl (C=O) groups is 1. The van der Waals surface area contributed by atoms with Gasteiger partial charge in [0.15, 0.2) is 0 Å². The minimum atomic E-state index is -0.0243. The van der Waals surface area contributed by atoms with Crippen molar-refractivity contribution in [1.82, 2.24) is 14.5 Å². The van der Waals surface area contributed by atoms with Crippen LogP contribution in [0.1, 0.15) is 24.2 Å². The van der Waals surface area contributed by atoms with Crippen LogP contribution in [0.25, 0.3) is 16.7 Å². The van der Waals surface area contributed by atoms with E-state index in [9.17, 15) is 4.79 Å². The molecule has 1 amide bonds. The minimum absolute atomic E-state index is 0.0243. The summed E-state index contributed by atoms with van der Waals surface area (Å²) in [5.41, 5.74) is 5.21. The van der Waals surface area contributed by atoms with Gasteiger partial charge in [0, 0.05) is 22.4 Å². The highest BCUT2D eigenvalue weighted by atomic mass is 79.9. The molecule has 6 heteroatoms. The molecule has 5 rings (SSSR count). The van der Waals surface area contributed by atoms with Crippen molar-refractivity contribution in [2.75, 3.05) is 18.4 Å². The number of nitrogens with zero attached hydrogens (tertiary/aromatic N) is 3. The second-order valence-electron chi connectivity index (χ2n) is 8.76. The number of halogens is 1. The third kappa shape index (κ3) is 4.87. The molecular weight excluding hydrogens is 476 g/mol. The molecule has 0 saturated carbocycles. The summed E-state index contributed by atoms with van der Waals surface area (Å²) in [6.45, 7) is 4.46. The molecular formula is C27H27BrN4O. The number of carbonyl (C=O) groups excluding carboxylic acids is 1. The highest BCUT2D eigenvalue weighted by Gasteiger charge is 2.27. The molecule has 1 fully saturated rings. The van der Waals surface area contributed by atoms with E-state index in [1.807, 2.05) is 49.4 Å². The van der Waals surface area contributed by atoms with E-state index in [-0.39, 0.29) is 11.8 Å². The van der Waals surface area contributed by atoms with E-state index in [2.05, 4.69) is 61.0 Å². The van der Waals surface area contributed by atoms with E-state index in [0.29, 0.717) is 6.54 Å². The van der Waals surface area contributed by atoms with E-state index >= 15 is 0 Å². The summed E-state index contributed by atoms with van der Waals surface area (Å²) in [7, 11) is 0. The van der Waals surface area contributed by atoms with Crippen molar-refractivity contribution in [2.45, 2.75) is 26.3 Å². The molecule has 2 heterocycles. The van der Waals surface area contributed by atoms with Gasteiger partial charge in [-0.1, -0.05) is 51.8 Å². The highest BCUT2D eigenvalue weighted by molar-refractivity contribution is 9.10. The fourth-order valence-electron chi connectivity index (χ4n) is 4.58. The van der Waals surface area contributed by atoms with Gasteiger partial charge in [-0.2, -0.15) is 0 Å². The second kappa shape index (κ2) is 9.49. The maximum Gasteiger partial charge on any atom is 0.228 e. The van der Waals surface area contributed by atoms with Gasteiger partial charge in [0.2, 0.25) is 5.91 Å². The van der Waals surface area contributed by atoms with Crippen LogP contribution in [0, 0.1) is 12.8 Å². The predicted octanol–water partition coefficient (Wildman–Crippen LogP) is 5.95. The van der Waals surface area contributed by atoms with Gasteiger partial charge < -0.3 is 5.32 Å². The van der Waals surface area contributed by atoms with Crippen molar-refractivity contribution >= 4 is 38.6 Å². The van der Waals surface area contributed by atoms with Gasteiger partial charge in [-0.15, -0.1) is 0 Å². The number of aryl methyl sites for hydroxylation is 1. The number of benzene rings is 3. The first-order chi connectivity index (χ1) is 16.1. The number of nitrogens with one attached hydrogen (secondary N) is 1. The van der Waals surface area contributed by atoms with Gasteiger partial charge in [0.05, 0.1) is 23.5 Å². The number of aromatic nitrogens is 2. The first-order valence-electron chi connectivity index (χ1n) is 11.4. The number of rotatable bonds is 5. The molecule has 1 N–H and O–H groups in total. The molecule has 1 aliphatic heterocycles. The molecule has 0 unspecified atom stereocenters. The number of imidazole rings is 1. The maximum atomic E-state index is 13.0. The molecule has 0 aliphatic carbocycles. The number of likely N-dealkylation sites (tertiary alicyclic amines) is 1. The Morgan fingerprint density at radius 2 is 1.91 bits per heavy atom. The first-order valence-corrected chi connectivity index (χ1v) is 12.2. The number of hydrogen-bond acceptors (Lipinski definition) is 3. The fraction of sp³-hybridized carbons (Fsp3) is 0.259. The van der Waals surface area contributed by atoms with Crippen LogP contribution >= 0.6 is 15.9 Å². The topological polar surface area (TPSA) is 50.2 Å². The van der Waals surface area contributed by atoms with E-state index in [1.54, 1.807) is 0 Å². The number of anilines is 1. The van der Waals surface area contributed by atoms with Gasteiger partial charge in [-0.05, 0) is 68.8 Å². The summed E-state index contributed by atoms with van der Waals surface area (Å²) in [6.07, 6.45) is 1.92. The lowest BCUT2D eigenvalue weighted by molar-refractivity contribution is -0.121. The Morgan fingerprint density at radius 1 is 1.09 bits per heavy atom. The molecule has 1 aliphatic rings. The van der Waals surface area contributed by atoms with Crippen LogP contribution in [0.2, 0.25) is 0 Å². The quantitative estimate of drug-likeness (QED) is 0.366. The van der Waals surface area contributed by atoms with Gasteiger partial charge >= 0.3 is 0 Å². The molecule has 33 heavy (non-hydrogen) atoms. The second-order valence-corrected chi connectivity index (χ2v) is 9.68. The zero-order valence-electron chi connectivity index (χ0n) is 18.7. The molecule has 1 atom stereocenters. The van der Waals surface area contributed by atoms with Crippen molar-refractivity contribution < 1.29 is 4.79 Å². The van der Waals surface area contributed by atoms with Crippen LogP contribution in [0.5, 0.6) is 0 Å². The summed E-state index contributed by atoms with van der Waals surface area (Å²) < 4.78 is 3.27. The lowest BCUT2D eigenvalue weighted by Crippen LogP contribution is -2.40. The van der Waals surface area contributed by atoms with Crippen molar-refractivity contribution in [2.24, 2.45) is 5.92 Å². The van der Waals surface area contributed by atoms with Crippen molar-refractivity contribution in [3.63, 3.8) is 0 Å². The Bertz CT molecular complexity index is 1280. The first kappa shape index (κ1) is 21.9. The summed E-state index contributed by atoms with van der Waals surface area (Å²) in [5.74, 6) is 1.07. The lowest BCUT2D eigenvalue weighted by atomic mass is 9.97. The number of fused-ring (bicyclic) bond motifs is 1. The zero-order chi connectivity index (χ0) is 22.8. The monoisotopic (exact) mass is 502 g/mol. The molecule has 4 aromatic rings. The third-order valence-corrected chi connectivity index (χ3v) is 6.75. The molecule has 0 spiro atoms. The van der Waals surface area contributed by atoms with Gasteiger partial charge in [0.25, 0.3) is 0 Å². The summed E-state index contributed by atoms with van der Waals surface area (Å²) in [6, 6.07) is 24.5. The van der Waals surface area contributed by atoms with E-state index in [0.717, 1.165) is 58.6 Å². The van der Waals surface area contributed by atoms with Crippen molar-refractivity contribution in [1.29, 1.82) is 0 Å². The number of piperidine rings is 1. The normalized spacial score (nSPS) is 16.7. The van der Waals surface area contributed by atoms with Gasteiger partial charge in [-0.3, -0.25) is 14.3 Å². The van der Waals surface area contributed by atoms with Crippen LogP contribution in [0.15, 0.2) is 77.3 Å². The van der Waals surface area contributed by atoms with Crippen LogP contribution < -0.4 is 5.32 Å². The van der Waals surface area contributed by atoms with Crippen molar-refractivity contribution in [3.8, 4) is 5.69 Å². The highest BCUT2D eigenvalue weighted by Crippen LogP contribution is 2.26. The predicted molar refractivity (Wildman–Crippen MR) is 137 cm³/mol. The largest absolute Gasteiger partial charge is 0.326 e. The van der Waals surface area contributed by atoms with Crippen LogP contribution in [0.4, 0.5) is 5.69 Å². The van der Waals surface area contributed by atoms with Crippen LogP contribution in [-0.2, 0) is 11.3 Å². The summed E-state index contributed by atoms with van der Waals surface area (Å²) in [5, 5.41) is 3.10. The van der Waals surface area contributed by atoms with E-state index < -0.39 is 0 Å². The SMILES string of the molecule is Cc1ccc(NC(=O)[C@H]2CCCN(Cc3nc4ccccc4n3-c3cccc(Br)c3)C2)cc1. The maximum absolute atomic E-state index is 13.0. The van der Waals surface area contributed by atoms with Gasteiger partial charge in [0.1, 0.15) is 5.82 Å². The van der Waals surface area contributed by atoms with E-state index in [1.165, 1.54) is 5.56 Å². The average Bonchev–Trinajstić information content (AvgIpc) is 3.18. The Morgan fingerprint density at radius 3 is 2.73 bits per heavy atom. The smallest absolute Gasteiger partial charge is 0.228 e. The molecule has 1 saturated heterocycles.